The molecule has 9 nitrogen and oxygen atoms in total. The van der Waals surface area contributed by atoms with Crippen molar-refractivity contribution >= 4 is 17.6 Å². The van der Waals surface area contributed by atoms with Crippen LogP contribution in [-0.2, 0) is 11.2 Å². The Morgan fingerprint density at radius 3 is 2.44 bits per heavy atom. The third-order valence-corrected chi connectivity index (χ3v) is 6.39. The number of aryl methyl sites for hydroxylation is 1. The molecule has 0 atom stereocenters. The second kappa shape index (κ2) is 9.67. The fourth-order valence-electron chi connectivity index (χ4n) is 4.39. The molecule has 2 N–H and O–H groups in total. The largest absolute Gasteiger partial charge is 0.383 e. The third-order valence-electron chi connectivity index (χ3n) is 6.39. The van der Waals surface area contributed by atoms with Crippen molar-refractivity contribution in [1.29, 1.82) is 0 Å². The molecule has 2 aliphatic rings. The van der Waals surface area contributed by atoms with E-state index in [4.69, 9.17) is 10.3 Å². The van der Waals surface area contributed by atoms with Crippen molar-refractivity contribution in [2.24, 2.45) is 0 Å². The van der Waals surface area contributed by atoms with Gasteiger partial charge in [0.05, 0.1) is 5.56 Å². The summed E-state index contributed by atoms with van der Waals surface area (Å²) in [6.45, 7) is 6.95. The van der Waals surface area contributed by atoms with Crippen molar-refractivity contribution < 1.29 is 14.1 Å². The molecule has 0 spiro atoms. The van der Waals surface area contributed by atoms with E-state index in [1.54, 1.807) is 0 Å². The van der Waals surface area contributed by atoms with Crippen molar-refractivity contribution in [2.45, 2.75) is 64.2 Å². The smallest absolute Gasteiger partial charge is 0.257 e. The molecular formula is C23H32N6O3. The molecular weight excluding hydrogens is 408 g/mol. The van der Waals surface area contributed by atoms with Crippen LogP contribution >= 0.6 is 0 Å². The lowest BCUT2D eigenvalue weighted by molar-refractivity contribution is -0.132. The molecule has 0 saturated carbocycles. The maximum Gasteiger partial charge on any atom is 0.257 e. The van der Waals surface area contributed by atoms with E-state index >= 15 is 0 Å². The predicted molar refractivity (Wildman–Crippen MR) is 119 cm³/mol. The first-order valence-corrected chi connectivity index (χ1v) is 11.6. The van der Waals surface area contributed by atoms with E-state index in [0.29, 0.717) is 49.0 Å². The number of carbonyl (C=O) groups excluding carboxylic acids is 2. The third kappa shape index (κ3) is 4.92. The van der Waals surface area contributed by atoms with Gasteiger partial charge in [-0.25, -0.2) is 4.98 Å². The lowest BCUT2D eigenvalue weighted by Crippen LogP contribution is -2.38. The normalized spacial score (nSPS) is 17.3. The molecule has 32 heavy (non-hydrogen) atoms. The van der Waals surface area contributed by atoms with Crippen LogP contribution in [0.1, 0.15) is 85.6 Å². The van der Waals surface area contributed by atoms with Crippen LogP contribution in [0.3, 0.4) is 0 Å². The number of carbonyl (C=O) groups is 2. The Morgan fingerprint density at radius 1 is 1.09 bits per heavy atom. The highest BCUT2D eigenvalue weighted by atomic mass is 16.5. The zero-order chi connectivity index (χ0) is 22.7. The van der Waals surface area contributed by atoms with E-state index in [1.807, 2.05) is 35.8 Å². The standard InChI is InChI=1S/C23H32N6O3/c1-15(2)22-26-19(32-27-22)7-8-20(30)28-13-9-16(10-14-28)18-6-5-17(21(24)25-18)23(31)29-11-3-4-12-29/h5-6,15-16H,3-4,7-14H2,1-2H3,(H2,24,25). The number of nitrogens with two attached hydrogens (primary N) is 1. The molecule has 2 saturated heterocycles. The Balaban J connectivity index is 1.28. The molecule has 2 aromatic rings. The number of likely N-dealkylation sites (tertiary alicyclic amines) is 2. The van der Waals surface area contributed by atoms with Gasteiger partial charge in [0, 0.05) is 56.6 Å². The zero-order valence-corrected chi connectivity index (χ0v) is 18.9. The molecule has 0 aromatic carbocycles. The van der Waals surface area contributed by atoms with Gasteiger partial charge in [-0.15, -0.1) is 0 Å². The van der Waals surface area contributed by atoms with Gasteiger partial charge in [-0.1, -0.05) is 19.0 Å². The molecule has 0 bridgehead atoms. The number of nitrogens with zero attached hydrogens (tertiary/aromatic N) is 5. The quantitative estimate of drug-likeness (QED) is 0.733. The fourth-order valence-corrected chi connectivity index (χ4v) is 4.39. The molecule has 2 fully saturated rings. The van der Waals surface area contributed by atoms with Crippen LogP contribution < -0.4 is 5.73 Å². The number of hydrogen-bond donors (Lipinski definition) is 1. The summed E-state index contributed by atoms with van der Waals surface area (Å²) in [5.41, 5.74) is 7.54. The van der Waals surface area contributed by atoms with E-state index in [0.717, 1.165) is 44.5 Å². The molecule has 0 unspecified atom stereocenters. The topological polar surface area (TPSA) is 118 Å². The predicted octanol–water partition coefficient (Wildman–Crippen LogP) is 2.75. The van der Waals surface area contributed by atoms with Gasteiger partial charge in [0.15, 0.2) is 5.82 Å². The van der Waals surface area contributed by atoms with Gasteiger partial charge in [-0.3, -0.25) is 9.59 Å². The first-order valence-electron chi connectivity index (χ1n) is 11.6. The van der Waals surface area contributed by atoms with Gasteiger partial charge >= 0.3 is 0 Å². The van der Waals surface area contributed by atoms with Crippen LogP contribution in [0, 0.1) is 0 Å². The van der Waals surface area contributed by atoms with Crippen LogP contribution in [0.5, 0.6) is 0 Å². The minimum Gasteiger partial charge on any atom is -0.383 e. The minimum absolute atomic E-state index is 0.0266. The Kier molecular flexibility index (Phi) is 6.72. The summed E-state index contributed by atoms with van der Waals surface area (Å²) in [6.07, 6.45) is 4.57. The maximum atomic E-state index is 12.6. The molecule has 4 heterocycles. The van der Waals surface area contributed by atoms with E-state index in [1.165, 1.54) is 0 Å². The van der Waals surface area contributed by atoms with Crippen molar-refractivity contribution in [3.63, 3.8) is 0 Å². The Bertz CT molecular complexity index is 958. The van der Waals surface area contributed by atoms with Gasteiger partial charge < -0.3 is 20.1 Å². The van der Waals surface area contributed by atoms with Crippen LogP contribution in [-0.4, -0.2) is 62.9 Å². The molecule has 0 radical (unpaired) electrons. The molecule has 4 rings (SSSR count). The highest BCUT2D eigenvalue weighted by molar-refractivity contribution is 5.98. The van der Waals surface area contributed by atoms with Gasteiger partial charge in [0.1, 0.15) is 5.82 Å². The number of pyridine rings is 1. The summed E-state index contributed by atoms with van der Waals surface area (Å²) in [5, 5.41) is 3.94. The summed E-state index contributed by atoms with van der Waals surface area (Å²) in [7, 11) is 0. The average molecular weight is 441 g/mol. The van der Waals surface area contributed by atoms with E-state index in [-0.39, 0.29) is 23.7 Å². The van der Waals surface area contributed by atoms with E-state index in [2.05, 4.69) is 15.1 Å². The van der Waals surface area contributed by atoms with Gasteiger partial charge in [-0.05, 0) is 37.8 Å². The van der Waals surface area contributed by atoms with Crippen LogP contribution in [0.2, 0.25) is 0 Å². The lowest BCUT2D eigenvalue weighted by atomic mass is 9.92. The number of anilines is 1. The number of piperidine rings is 1. The van der Waals surface area contributed by atoms with Crippen molar-refractivity contribution in [3.05, 3.63) is 35.1 Å². The monoisotopic (exact) mass is 440 g/mol. The summed E-state index contributed by atoms with van der Waals surface area (Å²) in [4.78, 5) is 37.9. The molecule has 0 aliphatic carbocycles. The number of amides is 2. The SMILES string of the molecule is CC(C)c1noc(CCC(=O)N2CCC(c3ccc(C(=O)N4CCCC4)c(N)n3)CC2)n1. The minimum atomic E-state index is -0.0266. The number of nitrogen functional groups attached to an aromatic ring is 1. The molecule has 2 aromatic heterocycles. The Labute approximate surface area is 188 Å². The van der Waals surface area contributed by atoms with Crippen LogP contribution in [0.25, 0.3) is 0 Å². The second-order valence-corrected chi connectivity index (χ2v) is 9.02. The molecule has 172 valence electrons. The zero-order valence-electron chi connectivity index (χ0n) is 18.9. The summed E-state index contributed by atoms with van der Waals surface area (Å²) in [6, 6.07) is 3.73. The van der Waals surface area contributed by atoms with E-state index < -0.39 is 0 Å². The fraction of sp³-hybridized carbons (Fsp3) is 0.609. The lowest BCUT2D eigenvalue weighted by Gasteiger charge is -2.32. The first-order chi connectivity index (χ1) is 15.4. The molecule has 2 aliphatic heterocycles. The van der Waals surface area contributed by atoms with Gasteiger partial charge in [0.25, 0.3) is 5.91 Å². The summed E-state index contributed by atoms with van der Waals surface area (Å²) >= 11 is 0. The Morgan fingerprint density at radius 2 is 1.81 bits per heavy atom. The summed E-state index contributed by atoms with van der Waals surface area (Å²) in [5.74, 6) is 2.01. The number of aromatic nitrogens is 3. The maximum absolute atomic E-state index is 12.6. The number of rotatable bonds is 6. The Hall–Kier alpha value is -2.97. The van der Waals surface area contributed by atoms with Crippen LogP contribution in [0.15, 0.2) is 16.7 Å². The van der Waals surface area contributed by atoms with Crippen molar-refractivity contribution in [3.8, 4) is 0 Å². The van der Waals surface area contributed by atoms with Crippen molar-refractivity contribution in [1.82, 2.24) is 24.9 Å². The highest BCUT2D eigenvalue weighted by Crippen LogP contribution is 2.29. The average Bonchev–Trinajstić information content (AvgIpc) is 3.49. The second-order valence-electron chi connectivity index (χ2n) is 9.02. The highest BCUT2D eigenvalue weighted by Gasteiger charge is 2.27. The number of hydrogen-bond acceptors (Lipinski definition) is 7. The van der Waals surface area contributed by atoms with E-state index in [9.17, 15) is 9.59 Å². The first kappa shape index (κ1) is 22.2. The molecule has 2 amide bonds. The van der Waals surface area contributed by atoms with Gasteiger partial charge in [-0.2, -0.15) is 4.98 Å². The van der Waals surface area contributed by atoms with Gasteiger partial charge in [0.2, 0.25) is 11.8 Å². The summed E-state index contributed by atoms with van der Waals surface area (Å²) < 4.78 is 5.23. The molecule has 9 heteroatoms. The van der Waals surface area contributed by atoms with Crippen LogP contribution in [0.4, 0.5) is 5.82 Å². The van der Waals surface area contributed by atoms with Crippen molar-refractivity contribution in [2.75, 3.05) is 31.9 Å².